The fraction of sp³-hybridized carbons (Fsp3) is 0.800. The molecule has 2 aliphatic heterocycles. The standard InChI is InChI=1S/C15H25N5O3S/c1-3-22-11(2)14-17-13(23-18-14)8-19-4-6-20(7-5-19)15(21)12-9-24-10-16-12/h11-12,16H,3-10H2,1-2H3. The third kappa shape index (κ3) is 4.27. The van der Waals surface area contributed by atoms with Gasteiger partial charge in [-0.3, -0.25) is 15.0 Å². The first-order valence-corrected chi connectivity index (χ1v) is 9.59. The van der Waals surface area contributed by atoms with Gasteiger partial charge < -0.3 is 14.2 Å². The fourth-order valence-electron chi connectivity index (χ4n) is 2.91. The number of carbonyl (C=O) groups is 1. The van der Waals surface area contributed by atoms with Crippen molar-refractivity contribution in [1.29, 1.82) is 0 Å². The largest absolute Gasteiger partial charge is 0.371 e. The summed E-state index contributed by atoms with van der Waals surface area (Å²) in [6, 6.07) is -0.0138. The Labute approximate surface area is 146 Å². The van der Waals surface area contributed by atoms with Crippen LogP contribution in [0.5, 0.6) is 0 Å². The molecule has 2 aliphatic rings. The number of nitrogens with one attached hydrogen (secondary N) is 1. The molecule has 1 amide bonds. The van der Waals surface area contributed by atoms with E-state index in [9.17, 15) is 4.79 Å². The van der Waals surface area contributed by atoms with Gasteiger partial charge in [0.2, 0.25) is 11.8 Å². The van der Waals surface area contributed by atoms with Gasteiger partial charge in [0, 0.05) is 44.4 Å². The summed E-state index contributed by atoms with van der Waals surface area (Å²) in [7, 11) is 0. The molecule has 1 N–H and O–H groups in total. The average molecular weight is 355 g/mol. The molecule has 8 nitrogen and oxygen atoms in total. The highest BCUT2D eigenvalue weighted by Gasteiger charge is 2.30. The zero-order chi connectivity index (χ0) is 16.9. The van der Waals surface area contributed by atoms with Crippen LogP contribution in [0, 0.1) is 0 Å². The summed E-state index contributed by atoms with van der Waals surface area (Å²) in [6.45, 7) is 8.24. The minimum absolute atomic E-state index is 0.0138. The molecular weight excluding hydrogens is 330 g/mol. The van der Waals surface area contributed by atoms with Crippen molar-refractivity contribution < 1.29 is 14.1 Å². The molecule has 2 unspecified atom stereocenters. The van der Waals surface area contributed by atoms with Crippen LogP contribution in [-0.4, -0.2) is 76.3 Å². The first-order chi connectivity index (χ1) is 11.7. The van der Waals surface area contributed by atoms with E-state index in [1.54, 1.807) is 11.8 Å². The molecule has 1 aromatic heterocycles. The molecule has 0 radical (unpaired) electrons. The third-order valence-corrected chi connectivity index (χ3v) is 5.26. The number of thioether (sulfide) groups is 1. The van der Waals surface area contributed by atoms with E-state index in [4.69, 9.17) is 9.26 Å². The smallest absolute Gasteiger partial charge is 0.240 e. The second kappa shape index (κ2) is 8.28. The molecule has 0 spiro atoms. The number of hydrogen-bond donors (Lipinski definition) is 1. The number of piperazine rings is 1. The van der Waals surface area contributed by atoms with E-state index < -0.39 is 0 Å². The topological polar surface area (TPSA) is 83.7 Å². The van der Waals surface area contributed by atoms with Crippen molar-refractivity contribution in [2.45, 2.75) is 32.5 Å². The zero-order valence-corrected chi connectivity index (χ0v) is 15.0. The molecule has 0 aromatic carbocycles. The van der Waals surface area contributed by atoms with Gasteiger partial charge in [0.1, 0.15) is 6.10 Å². The normalized spacial score (nSPS) is 23.6. The maximum Gasteiger partial charge on any atom is 0.240 e. The predicted octanol–water partition coefficient (Wildman–Crippen LogP) is 0.474. The minimum Gasteiger partial charge on any atom is -0.371 e. The lowest BCUT2D eigenvalue weighted by Gasteiger charge is -2.35. The van der Waals surface area contributed by atoms with E-state index in [-0.39, 0.29) is 18.1 Å². The molecule has 0 aliphatic carbocycles. The lowest BCUT2D eigenvalue weighted by molar-refractivity contribution is -0.134. The van der Waals surface area contributed by atoms with Gasteiger partial charge in [-0.1, -0.05) is 5.16 Å². The molecule has 3 heterocycles. The SMILES string of the molecule is CCOC(C)c1noc(CN2CCN(C(=O)C3CSCN3)CC2)n1. The van der Waals surface area contributed by atoms with Crippen molar-refractivity contribution in [2.75, 3.05) is 44.4 Å². The van der Waals surface area contributed by atoms with Crippen molar-refractivity contribution in [3.05, 3.63) is 11.7 Å². The first-order valence-electron chi connectivity index (χ1n) is 8.43. The van der Waals surface area contributed by atoms with E-state index in [1.165, 1.54) is 0 Å². The molecule has 2 fully saturated rings. The molecule has 24 heavy (non-hydrogen) atoms. The van der Waals surface area contributed by atoms with Gasteiger partial charge in [0.15, 0.2) is 5.82 Å². The molecule has 0 saturated carbocycles. The van der Waals surface area contributed by atoms with E-state index in [1.807, 2.05) is 18.7 Å². The lowest BCUT2D eigenvalue weighted by Crippen LogP contribution is -2.53. The fourth-order valence-corrected chi connectivity index (χ4v) is 3.85. The van der Waals surface area contributed by atoms with Gasteiger partial charge >= 0.3 is 0 Å². The quantitative estimate of drug-likeness (QED) is 0.789. The Morgan fingerprint density at radius 3 is 2.92 bits per heavy atom. The van der Waals surface area contributed by atoms with Crippen LogP contribution in [0.15, 0.2) is 4.52 Å². The summed E-state index contributed by atoms with van der Waals surface area (Å²) in [5, 5.41) is 7.22. The second-order valence-corrected chi connectivity index (χ2v) is 7.05. The summed E-state index contributed by atoms with van der Waals surface area (Å²) in [4.78, 5) is 21.0. The summed E-state index contributed by atoms with van der Waals surface area (Å²) in [6.07, 6.45) is -0.154. The van der Waals surface area contributed by atoms with Crippen LogP contribution in [-0.2, 0) is 16.1 Å². The second-order valence-electron chi connectivity index (χ2n) is 6.02. The van der Waals surface area contributed by atoms with Gasteiger partial charge in [0.25, 0.3) is 0 Å². The van der Waals surface area contributed by atoms with Gasteiger partial charge in [-0.15, -0.1) is 11.8 Å². The van der Waals surface area contributed by atoms with E-state index in [0.717, 1.165) is 37.8 Å². The Bertz CT molecular complexity index is 541. The molecule has 3 rings (SSSR count). The third-order valence-electron chi connectivity index (χ3n) is 4.32. The van der Waals surface area contributed by atoms with Crippen molar-refractivity contribution in [3.8, 4) is 0 Å². The summed E-state index contributed by atoms with van der Waals surface area (Å²) >= 11 is 1.78. The van der Waals surface area contributed by atoms with E-state index in [0.29, 0.717) is 24.9 Å². The van der Waals surface area contributed by atoms with Crippen LogP contribution in [0.1, 0.15) is 31.7 Å². The van der Waals surface area contributed by atoms with Gasteiger partial charge in [-0.05, 0) is 13.8 Å². The Balaban J connectivity index is 1.46. The summed E-state index contributed by atoms with van der Waals surface area (Å²) < 4.78 is 10.8. The van der Waals surface area contributed by atoms with Crippen molar-refractivity contribution in [1.82, 2.24) is 25.3 Å². The molecule has 9 heteroatoms. The summed E-state index contributed by atoms with van der Waals surface area (Å²) in [5.41, 5.74) is 0. The Kier molecular flexibility index (Phi) is 6.09. The van der Waals surface area contributed by atoms with Gasteiger partial charge in [0.05, 0.1) is 12.6 Å². The number of ether oxygens (including phenoxy) is 1. The Morgan fingerprint density at radius 2 is 2.25 bits per heavy atom. The van der Waals surface area contributed by atoms with Crippen molar-refractivity contribution >= 4 is 17.7 Å². The molecule has 134 valence electrons. The first kappa shape index (κ1) is 17.7. The van der Waals surface area contributed by atoms with Crippen LogP contribution in [0.2, 0.25) is 0 Å². The van der Waals surface area contributed by atoms with Gasteiger partial charge in [-0.2, -0.15) is 4.98 Å². The average Bonchev–Trinajstić information content (AvgIpc) is 3.27. The highest BCUT2D eigenvalue weighted by molar-refractivity contribution is 7.99. The lowest BCUT2D eigenvalue weighted by atomic mass is 10.2. The van der Waals surface area contributed by atoms with Gasteiger partial charge in [-0.25, -0.2) is 0 Å². The Hall–Kier alpha value is -1.16. The highest BCUT2D eigenvalue weighted by Crippen LogP contribution is 2.16. The number of aromatic nitrogens is 2. The molecule has 2 saturated heterocycles. The number of nitrogens with zero attached hydrogens (tertiary/aromatic N) is 4. The number of carbonyl (C=O) groups excluding carboxylic acids is 1. The molecule has 0 bridgehead atoms. The molecule has 2 atom stereocenters. The number of rotatable bonds is 6. The van der Waals surface area contributed by atoms with Crippen molar-refractivity contribution in [2.24, 2.45) is 0 Å². The monoisotopic (exact) mass is 355 g/mol. The summed E-state index contributed by atoms with van der Waals surface area (Å²) in [5.74, 6) is 3.17. The van der Waals surface area contributed by atoms with Crippen LogP contribution in [0.4, 0.5) is 0 Å². The van der Waals surface area contributed by atoms with Crippen LogP contribution >= 0.6 is 11.8 Å². The maximum atomic E-state index is 12.4. The Morgan fingerprint density at radius 1 is 1.46 bits per heavy atom. The van der Waals surface area contributed by atoms with E-state index in [2.05, 4.69) is 20.4 Å². The molecular formula is C15H25N5O3S. The van der Waals surface area contributed by atoms with Crippen LogP contribution in [0.3, 0.4) is 0 Å². The highest BCUT2D eigenvalue weighted by atomic mass is 32.2. The number of amides is 1. The zero-order valence-electron chi connectivity index (χ0n) is 14.2. The predicted molar refractivity (Wildman–Crippen MR) is 90.4 cm³/mol. The van der Waals surface area contributed by atoms with Crippen LogP contribution in [0.25, 0.3) is 0 Å². The van der Waals surface area contributed by atoms with Crippen molar-refractivity contribution in [3.63, 3.8) is 0 Å². The molecule has 1 aromatic rings. The number of hydrogen-bond acceptors (Lipinski definition) is 8. The van der Waals surface area contributed by atoms with E-state index >= 15 is 0 Å². The van der Waals surface area contributed by atoms with Crippen LogP contribution < -0.4 is 5.32 Å². The minimum atomic E-state index is -0.154. The maximum absolute atomic E-state index is 12.4.